The molecule has 0 aliphatic heterocycles. The number of fused-ring (bicyclic) bond motifs is 1. The van der Waals surface area contributed by atoms with E-state index in [1.165, 1.54) is 23.5 Å². The number of nitrogens with zero attached hydrogens (tertiary/aromatic N) is 3. The zero-order valence-corrected chi connectivity index (χ0v) is 14.5. The maximum atomic E-state index is 12.2. The minimum absolute atomic E-state index is 0.144. The van der Waals surface area contributed by atoms with Gasteiger partial charge in [0.15, 0.2) is 0 Å². The number of pyridine rings is 1. The molecule has 0 fully saturated rings. The summed E-state index contributed by atoms with van der Waals surface area (Å²) in [7, 11) is 0. The molecule has 3 aromatic heterocycles. The van der Waals surface area contributed by atoms with E-state index in [0.29, 0.717) is 5.69 Å². The second-order valence-electron chi connectivity index (χ2n) is 5.64. The molecule has 7 nitrogen and oxygen atoms in total. The van der Waals surface area contributed by atoms with Gasteiger partial charge >= 0.3 is 0 Å². The summed E-state index contributed by atoms with van der Waals surface area (Å²) in [4.78, 5) is 33.1. The smallest absolute Gasteiger partial charge is 0.276 e. The van der Waals surface area contributed by atoms with E-state index in [0.717, 1.165) is 26.5 Å². The summed E-state index contributed by atoms with van der Waals surface area (Å²) in [5.41, 5.74) is 3.19. The first-order valence-electron chi connectivity index (χ1n) is 7.80. The Morgan fingerprint density at radius 2 is 2.08 bits per heavy atom. The van der Waals surface area contributed by atoms with E-state index in [1.54, 1.807) is 6.20 Å². The minimum atomic E-state index is -0.388. The van der Waals surface area contributed by atoms with Crippen molar-refractivity contribution in [1.82, 2.24) is 20.2 Å². The van der Waals surface area contributed by atoms with Crippen molar-refractivity contribution in [2.24, 2.45) is 0 Å². The Hall–Kier alpha value is -3.39. The van der Waals surface area contributed by atoms with Gasteiger partial charge in [-0.25, -0.2) is 15.1 Å². The first kappa shape index (κ1) is 16.1. The topological polar surface area (TPSA) is 101 Å². The van der Waals surface area contributed by atoms with Crippen molar-refractivity contribution in [3.63, 3.8) is 0 Å². The van der Waals surface area contributed by atoms with Gasteiger partial charge in [0.25, 0.3) is 11.5 Å². The summed E-state index contributed by atoms with van der Waals surface area (Å²) in [6.45, 7) is 1.91. The predicted molar refractivity (Wildman–Crippen MR) is 100 cm³/mol. The van der Waals surface area contributed by atoms with Crippen LogP contribution in [0, 0.1) is 6.92 Å². The largest absolute Gasteiger partial charge is 0.320 e. The third-order valence-corrected chi connectivity index (χ3v) is 4.83. The van der Waals surface area contributed by atoms with Gasteiger partial charge in [-0.2, -0.15) is 5.10 Å². The number of amides is 1. The summed E-state index contributed by atoms with van der Waals surface area (Å²) < 4.78 is 0. The number of aromatic nitrogens is 4. The maximum absolute atomic E-state index is 12.2. The van der Waals surface area contributed by atoms with Gasteiger partial charge in [-0.1, -0.05) is 11.3 Å². The molecule has 3 heterocycles. The van der Waals surface area contributed by atoms with Crippen molar-refractivity contribution in [1.29, 1.82) is 0 Å². The van der Waals surface area contributed by atoms with Gasteiger partial charge in [-0.3, -0.25) is 9.59 Å². The van der Waals surface area contributed by atoms with Crippen molar-refractivity contribution < 1.29 is 4.79 Å². The molecule has 0 spiro atoms. The molecular formula is C18H13N5O2S. The van der Waals surface area contributed by atoms with Crippen LogP contribution >= 0.6 is 11.3 Å². The van der Waals surface area contributed by atoms with E-state index < -0.39 is 0 Å². The number of aromatic amines is 1. The summed E-state index contributed by atoms with van der Waals surface area (Å²) >= 11 is 1.52. The SMILES string of the molecule is Cc1cc(-c2nc3cccnc3s2)ccc1NC(=O)c1ccc(=O)[nH]n1. The molecule has 4 rings (SSSR count). The summed E-state index contributed by atoms with van der Waals surface area (Å²) in [5.74, 6) is -0.388. The lowest BCUT2D eigenvalue weighted by atomic mass is 10.1. The lowest BCUT2D eigenvalue weighted by Crippen LogP contribution is -2.17. The molecule has 8 heteroatoms. The van der Waals surface area contributed by atoms with Gasteiger partial charge in [-0.05, 0) is 48.9 Å². The fourth-order valence-electron chi connectivity index (χ4n) is 2.49. The second-order valence-corrected chi connectivity index (χ2v) is 6.61. The molecule has 0 saturated heterocycles. The third kappa shape index (κ3) is 3.09. The van der Waals surface area contributed by atoms with E-state index in [-0.39, 0.29) is 17.2 Å². The van der Waals surface area contributed by atoms with Crippen LogP contribution in [0.5, 0.6) is 0 Å². The molecule has 0 unspecified atom stereocenters. The standard InChI is InChI=1S/C18H13N5O2S/c1-10-9-11(17-21-14-3-2-8-19-18(14)26-17)4-5-12(10)20-16(25)13-6-7-15(24)23-22-13/h2-9H,1H3,(H,20,25)(H,23,24). The monoisotopic (exact) mass is 363 g/mol. The lowest BCUT2D eigenvalue weighted by molar-refractivity contribution is 0.102. The van der Waals surface area contributed by atoms with Crippen LogP contribution in [-0.4, -0.2) is 26.1 Å². The first-order valence-corrected chi connectivity index (χ1v) is 8.61. The van der Waals surface area contributed by atoms with Crippen molar-refractivity contribution >= 4 is 33.3 Å². The van der Waals surface area contributed by atoms with Gasteiger partial charge in [0, 0.05) is 23.5 Å². The van der Waals surface area contributed by atoms with E-state index in [9.17, 15) is 9.59 Å². The van der Waals surface area contributed by atoms with E-state index >= 15 is 0 Å². The molecule has 1 aromatic carbocycles. The minimum Gasteiger partial charge on any atom is -0.320 e. The predicted octanol–water partition coefficient (Wildman–Crippen LogP) is 3.00. The zero-order chi connectivity index (χ0) is 18.1. The zero-order valence-electron chi connectivity index (χ0n) is 13.7. The highest BCUT2D eigenvalue weighted by molar-refractivity contribution is 7.21. The van der Waals surface area contributed by atoms with E-state index in [1.807, 2.05) is 37.3 Å². The van der Waals surface area contributed by atoms with Gasteiger partial charge in [-0.15, -0.1) is 0 Å². The van der Waals surface area contributed by atoms with Crippen LogP contribution in [0.2, 0.25) is 0 Å². The average molecular weight is 363 g/mol. The number of hydrogen-bond acceptors (Lipinski definition) is 6. The van der Waals surface area contributed by atoms with Crippen LogP contribution in [0.3, 0.4) is 0 Å². The van der Waals surface area contributed by atoms with Crippen molar-refractivity contribution in [2.75, 3.05) is 5.32 Å². The molecule has 26 heavy (non-hydrogen) atoms. The Bertz CT molecular complexity index is 1130. The Morgan fingerprint density at radius 1 is 1.19 bits per heavy atom. The highest BCUT2D eigenvalue weighted by Gasteiger charge is 2.12. The number of thiazole rings is 1. The molecule has 0 bridgehead atoms. The van der Waals surface area contributed by atoms with Crippen LogP contribution in [0.15, 0.2) is 53.5 Å². The highest BCUT2D eigenvalue weighted by atomic mass is 32.1. The number of carbonyl (C=O) groups is 1. The van der Waals surface area contributed by atoms with Crippen LogP contribution in [0.25, 0.3) is 20.9 Å². The van der Waals surface area contributed by atoms with Crippen LogP contribution in [-0.2, 0) is 0 Å². The van der Waals surface area contributed by atoms with Gasteiger partial charge in [0.1, 0.15) is 21.0 Å². The molecular weight excluding hydrogens is 350 g/mol. The van der Waals surface area contributed by atoms with Gasteiger partial charge in [0.05, 0.1) is 0 Å². The molecule has 0 radical (unpaired) electrons. The fourth-order valence-corrected chi connectivity index (χ4v) is 3.39. The van der Waals surface area contributed by atoms with Crippen LogP contribution in [0.4, 0.5) is 5.69 Å². The Morgan fingerprint density at radius 3 is 2.81 bits per heavy atom. The Labute approximate surface area is 151 Å². The summed E-state index contributed by atoms with van der Waals surface area (Å²) in [6.07, 6.45) is 1.75. The summed E-state index contributed by atoms with van der Waals surface area (Å²) in [6, 6.07) is 12.1. The Kier molecular flexibility index (Phi) is 4.02. The van der Waals surface area contributed by atoms with Crippen molar-refractivity contribution in [2.45, 2.75) is 6.92 Å². The molecule has 4 aromatic rings. The Balaban J connectivity index is 1.60. The molecule has 0 aliphatic carbocycles. The van der Waals surface area contributed by atoms with Crippen LogP contribution < -0.4 is 10.9 Å². The third-order valence-electron chi connectivity index (χ3n) is 3.80. The quantitative estimate of drug-likeness (QED) is 0.583. The molecule has 128 valence electrons. The molecule has 1 amide bonds. The number of carbonyl (C=O) groups excluding carboxylic acids is 1. The molecule has 0 saturated carbocycles. The normalized spacial score (nSPS) is 10.8. The molecule has 2 N–H and O–H groups in total. The number of H-pyrrole nitrogens is 1. The fraction of sp³-hybridized carbons (Fsp3) is 0.0556. The second kappa shape index (κ2) is 6.49. The average Bonchev–Trinajstić information content (AvgIpc) is 3.08. The number of rotatable bonds is 3. The number of benzene rings is 1. The maximum Gasteiger partial charge on any atom is 0.276 e. The number of anilines is 1. The van der Waals surface area contributed by atoms with Gasteiger partial charge in [0.2, 0.25) is 0 Å². The van der Waals surface area contributed by atoms with Crippen LogP contribution in [0.1, 0.15) is 16.1 Å². The van der Waals surface area contributed by atoms with Crippen molar-refractivity contribution in [3.8, 4) is 10.6 Å². The van der Waals surface area contributed by atoms with E-state index in [2.05, 4.69) is 25.5 Å². The molecule has 0 aliphatic rings. The summed E-state index contributed by atoms with van der Waals surface area (Å²) in [5, 5.41) is 9.65. The number of hydrogen-bond donors (Lipinski definition) is 2. The van der Waals surface area contributed by atoms with Crippen molar-refractivity contribution in [3.05, 3.63) is 70.3 Å². The number of nitrogens with one attached hydrogen (secondary N) is 2. The van der Waals surface area contributed by atoms with Gasteiger partial charge < -0.3 is 5.32 Å². The molecule has 0 atom stereocenters. The first-order chi connectivity index (χ1) is 12.6. The highest BCUT2D eigenvalue weighted by Crippen LogP contribution is 2.31. The van der Waals surface area contributed by atoms with E-state index in [4.69, 9.17) is 0 Å². The lowest BCUT2D eigenvalue weighted by Gasteiger charge is -2.09. The number of aryl methyl sites for hydroxylation is 1.